The number of aromatic nitrogens is 4. The van der Waals surface area contributed by atoms with E-state index in [9.17, 15) is 9.59 Å². The van der Waals surface area contributed by atoms with Crippen LogP contribution in [0, 0.1) is 6.92 Å². The number of hydrogen-bond acceptors (Lipinski definition) is 4. The van der Waals surface area contributed by atoms with E-state index in [1.165, 1.54) is 0 Å². The summed E-state index contributed by atoms with van der Waals surface area (Å²) in [5, 5.41) is 13.1. The molecule has 106 valence electrons. The Hall–Kier alpha value is -2.64. The van der Waals surface area contributed by atoms with Gasteiger partial charge in [-0.1, -0.05) is 0 Å². The van der Waals surface area contributed by atoms with Gasteiger partial charge in [-0.15, -0.1) is 0 Å². The van der Waals surface area contributed by atoms with Crippen molar-refractivity contribution in [2.45, 2.75) is 6.92 Å². The van der Waals surface area contributed by atoms with E-state index >= 15 is 0 Å². The summed E-state index contributed by atoms with van der Waals surface area (Å²) in [7, 11) is 3.50. The fraction of sp³-hybridized carbons (Fsp3) is 0.333. The van der Waals surface area contributed by atoms with Crippen LogP contribution in [-0.2, 0) is 18.9 Å². The van der Waals surface area contributed by atoms with E-state index < -0.39 is 0 Å². The van der Waals surface area contributed by atoms with Gasteiger partial charge in [0.25, 0.3) is 5.91 Å². The summed E-state index contributed by atoms with van der Waals surface area (Å²) < 4.78 is 3.17. The lowest BCUT2D eigenvalue weighted by Gasteiger charge is -2.03. The summed E-state index contributed by atoms with van der Waals surface area (Å²) in [5.74, 6) is -0.282. The molecular formula is C12H16N6O2. The number of aryl methyl sites for hydroxylation is 3. The smallest absolute Gasteiger partial charge is 0.272 e. The highest BCUT2D eigenvalue weighted by atomic mass is 16.2. The molecule has 0 aromatic carbocycles. The largest absolute Gasteiger partial charge is 0.342 e. The number of hydrogen-bond donors (Lipinski definition) is 2. The zero-order chi connectivity index (χ0) is 14.7. The third kappa shape index (κ3) is 3.22. The molecular weight excluding hydrogens is 260 g/mol. The van der Waals surface area contributed by atoms with Crippen LogP contribution in [0.15, 0.2) is 18.3 Å². The molecule has 0 saturated carbocycles. The van der Waals surface area contributed by atoms with Crippen LogP contribution in [0.4, 0.5) is 5.82 Å². The molecule has 0 fully saturated rings. The van der Waals surface area contributed by atoms with Gasteiger partial charge in [0.2, 0.25) is 5.91 Å². The molecule has 0 aliphatic carbocycles. The molecule has 2 amide bonds. The monoisotopic (exact) mass is 276 g/mol. The van der Waals surface area contributed by atoms with Crippen molar-refractivity contribution < 1.29 is 9.59 Å². The van der Waals surface area contributed by atoms with Gasteiger partial charge in [-0.25, -0.2) is 0 Å². The van der Waals surface area contributed by atoms with Crippen LogP contribution in [0.5, 0.6) is 0 Å². The SMILES string of the molecule is Cc1cc(C(=O)NCC(=O)Nc2ccn(C)n2)nn1C. The highest BCUT2D eigenvalue weighted by Gasteiger charge is 2.12. The number of nitrogens with one attached hydrogen (secondary N) is 2. The highest BCUT2D eigenvalue weighted by Crippen LogP contribution is 2.01. The van der Waals surface area contributed by atoms with Gasteiger partial charge in [-0.2, -0.15) is 10.2 Å². The number of anilines is 1. The van der Waals surface area contributed by atoms with Crippen LogP contribution in [0.3, 0.4) is 0 Å². The zero-order valence-corrected chi connectivity index (χ0v) is 11.5. The Morgan fingerprint density at radius 1 is 1.30 bits per heavy atom. The second-order valence-electron chi connectivity index (χ2n) is 4.40. The molecule has 0 saturated heterocycles. The van der Waals surface area contributed by atoms with Gasteiger partial charge in [0.05, 0.1) is 6.54 Å². The lowest BCUT2D eigenvalue weighted by Crippen LogP contribution is -2.33. The van der Waals surface area contributed by atoms with Gasteiger partial charge >= 0.3 is 0 Å². The Bertz CT molecular complexity index is 623. The van der Waals surface area contributed by atoms with E-state index in [2.05, 4.69) is 20.8 Å². The minimum Gasteiger partial charge on any atom is -0.342 e. The van der Waals surface area contributed by atoms with Gasteiger partial charge in [-0.05, 0) is 13.0 Å². The van der Waals surface area contributed by atoms with E-state index in [1.54, 1.807) is 41.8 Å². The first kappa shape index (κ1) is 13.8. The van der Waals surface area contributed by atoms with Gasteiger partial charge in [0.1, 0.15) is 5.69 Å². The third-order valence-corrected chi connectivity index (χ3v) is 2.74. The van der Waals surface area contributed by atoms with Crippen molar-refractivity contribution >= 4 is 17.6 Å². The predicted octanol–water partition coefficient (Wildman–Crippen LogP) is -0.169. The average Bonchev–Trinajstić information content (AvgIpc) is 2.94. The van der Waals surface area contributed by atoms with Crippen molar-refractivity contribution in [1.82, 2.24) is 24.9 Å². The summed E-state index contributed by atoms with van der Waals surface area (Å²) in [6.45, 7) is 1.71. The normalized spacial score (nSPS) is 10.3. The lowest BCUT2D eigenvalue weighted by molar-refractivity contribution is -0.115. The van der Waals surface area contributed by atoms with E-state index in [1.807, 2.05) is 6.92 Å². The van der Waals surface area contributed by atoms with E-state index in [0.29, 0.717) is 5.82 Å². The molecule has 0 aliphatic rings. The van der Waals surface area contributed by atoms with Crippen molar-refractivity contribution in [2.24, 2.45) is 14.1 Å². The second kappa shape index (κ2) is 5.55. The number of rotatable bonds is 4. The summed E-state index contributed by atoms with van der Waals surface area (Å²) in [6, 6.07) is 3.33. The molecule has 8 nitrogen and oxygen atoms in total. The molecule has 2 heterocycles. The van der Waals surface area contributed by atoms with Gasteiger partial charge < -0.3 is 10.6 Å². The number of nitrogens with zero attached hydrogens (tertiary/aromatic N) is 4. The molecule has 0 spiro atoms. The fourth-order valence-electron chi connectivity index (χ4n) is 1.59. The molecule has 2 rings (SSSR count). The zero-order valence-electron chi connectivity index (χ0n) is 11.5. The Morgan fingerprint density at radius 2 is 2.05 bits per heavy atom. The van der Waals surface area contributed by atoms with Crippen molar-refractivity contribution in [3.8, 4) is 0 Å². The van der Waals surface area contributed by atoms with E-state index in [0.717, 1.165) is 5.69 Å². The van der Waals surface area contributed by atoms with Crippen LogP contribution >= 0.6 is 0 Å². The quantitative estimate of drug-likeness (QED) is 0.810. The molecule has 8 heteroatoms. The Labute approximate surface area is 115 Å². The number of carbonyl (C=O) groups excluding carboxylic acids is 2. The van der Waals surface area contributed by atoms with Crippen LogP contribution in [0.1, 0.15) is 16.2 Å². The maximum atomic E-state index is 11.8. The maximum absolute atomic E-state index is 11.8. The fourth-order valence-corrected chi connectivity index (χ4v) is 1.59. The van der Waals surface area contributed by atoms with Crippen LogP contribution < -0.4 is 10.6 Å². The van der Waals surface area contributed by atoms with E-state index in [4.69, 9.17) is 0 Å². The summed E-state index contributed by atoms with van der Waals surface area (Å²) in [5.41, 5.74) is 1.16. The van der Waals surface area contributed by atoms with Crippen LogP contribution in [0.2, 0.25) is 0 Å². The molecule has 2 aromatic heterocycles. The topological polar surface area (TPSA) is 93.8 Å². The number of carbonyl (C=O) groups is 2. The molecule has 0 atom stereocenters. The second-order valence-corrected chi connectivity index (χ2v) is 4.40. The van der Waals surface area contributed by atoms with Crippen molar-refractivity contribution in [2.75, 3.05) is 11.9 Å². The first-order chi connectivity index (χ1) is 9.45. The van der Waals surface area contributed by atoms with E-state index in [-0.39, 0.29) is 24.1 Å². The minimum absolute atomic E-state index is 0.134. The highest BCUT2D eigenvalue weighted by molar-refractivity contribution is 5.98. The van der Waals surface area contributed by atoms with Crippen molar-refractivity contribution in [1.29, 1.82) is 0 Å². The van der Waals surface area contributed by atoms with Crippen LogP contribution in [0.25, 0.3) is 0 Å². The summed E-state index contributed by atoms with van der Waals surface area (Å²) >= 11 is 0. The lowest BCUT2D eigenvalue weighted by atomic mass is 10.3. The molecule has 0 radical (unpaired) electrons. The molecule has 2 N–H and O–H groups in total. The average molecular weight is 276 g/mol. The molecule has 0 aliphatic heterocycles. The maximum Gasteiger partial charge on any atom is 0.272 e. The van der Waals surface area contributed by atoms with Crippen molar-refractivity contribution in [3.63, 3.8) is 0 Å². The standard InChI is InChI=1S/C12H16N6O2/c1-8-6-9(15-18(8)3)12(20)13-7-11(19)14-10-4-5-17(2)16-10/h4-6H,7H2,1-3H3,(H,13,20)(H,14,16,19). The molecule has 0 bridgehead atoms. The van der Waals surface area contributed by atoms with Crippen molar-refractivity contribution in [3.05, 3.63) is 29.7 Å². The van der Waals surface area contributed by atoms with Crippen LogP contribution in [-0.4, -0.2) is 37.9 Å². The first-order valence-corrected chi connectivity index (χ1v) is 6.04. The minimum atomic E-state index is -0.384. The van der Waals surface area contributed by atoms with Gasteiger partial charge in [0, 0.05) is 32.1 Å². The van der Waals surface area contributed by atoms with Gasteiger partial charge in [-0.3, -0.25) is 19.0 Å². The Morgan fingerprint density at radius 3 is 2.60 bits per heavy atom. The summed E-state index contributed by atoms with van der Waals surface area (Å²) in [6.07, 6.45) is 1.71. The molecule has 2 aromatic rings. The number of amides is 2. The van der Waals surface area contributed by atoms with Gasteiger partial charge in [0.15, 0.2) is 5.82 Å². The molecule has 0 unspecified atom stereocenters. The Kier molecular flexibility index (Phi) is 3.83. The molecule has 20 heavy (non-hydrogen) atoms. The Balaban J connectivity index is 1.85. The summed E-state index contributed by atoms with van der Waals surface area (Å²) in [4.78, 5) is 23.4. The first-order valence-electron chi connectivity index (χ1n) is 6.04. The predicted molar refractivity (Wildman–Crippen MR) is 72.1 cm³/mol. The third-order valence-electron chi connectivity index (χ3n) is 2.74.